The molecule has 0 saturated heterocycles. The van der Waals surface area contributed by atoms with E-state index in [0.717, 1.165) is 36.1 Å². The van der Waals surface area contributed by atoms with Crippen molar-refractivity contribution < 1.29 is 9.53 Å². The van der Waals surface area contributed by atoms with Gasteiger partial charge in [-0.25, -0.2) is 4.99 Å². The number of fused-ring (bicyclic) bond motifs is 1. The van der Waals surface area contributed by atoms with Gasteiger partial charge in [0, 0.05) is 19.0 Å². The van der Waals surface area contributed by atoms with Crippen LogP contribution in [0.3, 0.4) is 0 Å². The topological polar surface area (TPSA) is 67.9 Å². The van der Waals surface area contributed by atoms with Crippen LogP contribution < -0.4 is 10.5 Å². The van der Waals surface area contributed by atoms with Gasteiger partial charge in [0.2, 0.25) is 6.41 Å². The molecule has 136 valence electrons. The molecular formula is C21H25N3O2. The quantitative estimate of drug-likeness (QED) is 0.509. The molecule has 0 fully saturated rings. The lowest BCUT2D eigenvalue weighted by atomic mass is 9.94. The Labute approximate surface area is 154 Å². The van der Waals surface area contributed by atoms with Crippen molar-refractivity contribution in [2.75, 3.05) is 13.7 Å². The van der Waals surface area contributed by atoms with Gasteiger partial charge in [0.1, 0.15) is 5.75 Å². The molecule has 2 aromatic rings. The highest BCUT2D eigenvalue weighted by Crippen LogP contribution is 2.37. The summed E-state index contributed by atoms with van der Waals surface area (Å²) in [6.07, 6.45) is 3.60. The van der Waals surface area contributed by atoms with Crippen molar-refractivity contribution in [3.63, 3.8) is 0 Å². The number of aryl methyl sites for hydroxylation is 1. The van der Waals surface area contributed by atoms with Crippen molar-refractivity contribution in [2.45, 2.75) is 32.2 Å². The number of rotatable bonds is 5. The molecule has 5 nitrogen and oxygen atoms in total. The molecule has 1 atom stereocenters. The second-order valence-corrected chi connectivity index (χ2v) is 6.56. The zero-order chi connectivity index (χ0) is 18.5. The smallest absolute Gasteiger partial charge is 0.216 e. The third-order valence-corrected chi connectivity index (χ3v) is 4.62. The van der Waals surface area contributed by atoms with Crippen LogP contribution in [0.1, 0.15) is 36.9 Å². The number of carbonyl (C=O) groups is 1. The Morgan fingerprint density at radius 1 is 1.31 bits per heavy atom. The van der Waals surface area contributed by atoms with Crippen molar-refractivity contribution in [3.05, 3.63) is 53.6 Å². The number of aliphatic imine (C=N–C) groups is 1. The number of amides is 1. The number of ether oxygens (including phenoxy) is 1. The largest absolute Gasteiger partial charge is 0.493 e. The van der Waals surface area contributed by atoms with Crippen LogP contribution >= 0.6 is 0 Å². The summed E-state index contributed by atoms with van der Waals surface area (Å²) < 4.78 is 5.78. The molecule has 1 amide bonds. The highest BCUT2D eigenvalue weighted by atomic mass is 16.5. The Bertz CT molecular complexity index is 817. The molecular weight excluding hydrogens is 326 g/mol. The summed E-state index contributed by atoms with van der Waals surface area (Å²) in [5.41, 5.74) is 10.6. The van der Waals surface area contributed by atoms with Crippen molar-refractivity contribution in [1.29, 1.82) is 0 Å². The lowest BCUT2D eigenvalue weighted by molar-refractivity contribution is -0.114. The summed E-state index contributed by atoms with van der Waals surface area (Å²) >= 11 is 0. The minimum Gasteiger partial charge on any atom is -0.493 e. The van der Waals surface area contributed by atoms with Crippen LogP contribution in [0.2, 0.25) is 0 Å². The SMILES string of the molecule is CCCc1cccc(-c2ccc3c(c2)C(N=C(N)N(C)C=O)CCO3)c1. The fraction of sp³-hybridized carbons (Fsp3) is 0.333. The molecule has 0 bridgehead atoms. The van der Waals surface area contributed by atoms with Crippen molar-refractivity contribution in [1.82, 2.24) is 4.90 Å². The van der Waals surface area contributed by atoms with Gasteiger partial charge in [-0.2, -0.15) is 0 Å². The van der Waals surface area contributed by atoms with Gasteiger partial charge in [-0.05, 0) is 35.2 Å². The standard InChI is InChI=1S/C21H25N3O2/c1-3-5-15-6-4-7-16(12-15)17-8-9-20-18(13-17)19(10-11-26-20)23-21(22)24(2)14-25/h4,6-9,12-14,19H,3,5,10-11H2,1-2H3,(H2,22,23). The van der Waals surface area contributed by atoms with E-state index in [-0.39, 0.29) is 12.0 Å². The molecule has 26 heavy (non-hydrogen) atoms. The van der Waals surface area contributed by atoms with Crippen LogP contribution in [0.25, 0.3) is 11.1 Å². The number of hydrogen-bond donors (Lipinski definition) is 1. The highest BCUT2D eigenvalue weighted by molar-refractivity contribution is 5.87. The average molecular weight is 351 g/mol. The maximum absolute atomic E-state index is 10.9. The Balaban J connectivity index is 1.96. The molecule has 3 rings (SSSR count). The molecule has 2 N–H and O–H groups in total. The normalized spacial score (nSPS) is 16.5. The van der Waals surface area contributed by atoms with Gasteiger partial charge in [-0.1, -0.05) is 43.7 Å². The third kappa shape index (κ3) is 3.87. The summed E-state index contributed by atoms with van der Waals surface area (Å²) in [4.78, 5) is 16.7. The monoisotopic (exact) mass is 351 g/mol. The summed E-state index contributed by atoms with van der Waals surface area (Å²) in [6.45, 7) is 2.77. The maximum Gasteiger partial charge on any atom is 0.216 e. The summed E-state index contributed by atoms with van der Waals surface area (Å²) in [6, 6.07) is 14.7. The first kappa shape index (κ1) is 18.0. The minimum atomic E-state index is -0.111. The second-order valence-electron chi connectivity index (χ2n) is 6.56. The van der Waals surface area contributed by atoms with Gasteiger partial charge in [0.05, 0.1) is 12.6 Å². The molecule has 0 aromatic heterocycles. The predicted molar refractivity (Wildman–Crippen MR) is 104 cm³/mol. The van der Waals surface area contributed by atoms with Gasteiger partial charge >= 0.3 is 0 Å². The van der Waals surface area contributed by atoms with E-state index < -0.39 is 0 Å². The number of nitrogens with two attached hydrogens (primary N) is 1. The number of carbonyl (C=O) groups excluding carboxylic acids is 1. The second kappa shape index (κ2) is 8.04. The van der Waals surface area contributed by atoms with Crippen LogP contribution in [0.4, 0.5) is 0 Å². The Morgan fingerprint density at radius 2 is 2.12 bits per heavy atom. The fourth-order valence-corrected chi connectivity index (χ4v) is 3.19. The summed E-state index contributed by atoms with van der Waals surface area (Å²) in [7, 11) is 1.60. The minimum absolute atomic E-state index is 0.111. The van der Waals surface area contributed by atoms with E-state index in [9.17, 15) is 4.79 Å². The average Bonchev–Trinajstić information content (AvgIpc) is 2.67. The number of guanidine groups is 1. The first-order chi connectivity index (χ1) is 12.6. The van der Waals surface area contributed by atoms with Gasteiger partial charge in [-0.3, -0.25) is 9.69 Å². The lowest BCUT2D eigenvalue weighted by Gasteiger charge is -2.25. The number of nitrogens with zero attached hydrogens (tertiary/aromatic N) is 2. The van der Waals surface area contributed by atoms with Crippen LogP contribution in [-0.2, 0) is 11.2 Å². The van der Waals surface area contributed by atoms with Crippen LogP contribution in [0.5, 0.6) is 5.75 Å². The van der Waals surface area contributed by atoms with E-state index in [1.54, 1.807) is 7.05 Å². The van der Waals surface area contributed by atoms with E-state index in [1.807, 2.05) is 6.07 Å². The van der Waals surface area contributed by atoms with E-state index >= 15 is 0 Å². The van der Waals surface area contributed by atoms with Crippen molar-refractivity contribution >= 4 is 12.4 Å². The molecule has 5 heteroatoms. The Kier molecular flexibility index (Phi) is 5.56. The molecule has 1 heterocycles. The molecule has 0 saturated carbocycles. The number of benzene rings is 2. The van der Waals surface area contributed by atoms with Gasteiger partial charge < -0.3 is 10.5 Å². The summed E-state index contributed by atoms with van der Waals surface area (Å²) in [5, 5.41) is 0. The molecule has 1 aliphatic heterocycles. The Hall–Kier alpha value is -2.82. The fourth-order valence-electron chi connectivity index (χ4n) is 3.19. The van der Waals surface area contributed by atoms with Crippen molar-refractivity contribution in [2.24, 2.45) is 10.7 Å². The van der Waals surface area contributed by atoms with E-state index in [1.165, 1.54) is 16.0 Å². The molecule has 1 unspecified atom stereocenters. The van der Waals surface area contributed by atoms with Crippen LogP contribution in [0, 0.1) is 0 Å². The highest BCUT2D eigenvalue weighted by Gasteiger charge is 2.22. The van der Waals surface area contributed by atoms with Crippen LogP contribution in [0.15, 0.2) is 47.5 Å². The maximum atomic E-state index is 10.9. The third-order valence-electron chi connectivity index (χ3n) is 4.62. The Morgan fingerprint density at radius 3 is 2.88 bits per heavy atom. The number of hydrogen-bond acceptors (Lipinski definition) is 3. The lowest BCUT2D eigenvalue weighted by Crippen LogP contribution is -2.33. The van der Waals surface area contributed by atoms with Gasteiger partial charge in [-0.15, -0.1) is 0 Å². The zero-order valence-electron chi connectivity index (χ0n) is 15.3. The molecule has 2 aromatic carbocycles. The first-order valence-electron chi connectivity index (χ1n) is 8.99. The molecule has 1 aliphatic rings. The van der Waals surface area contributed by atoms with Crippen LogP contribution in [-0.4, -0.2) is 30.9 Å². The predicted octanol–water partition coefficient (Wildman–Crippen LogP) is 3.53. The van der Waals surface area contributed by atoms with Gasteiger partial charge in [0.25, 0.3) is 0 Å². The van der Waals surface area contributed by atoms with Gasteiger partial charge in [0.15, 0.2) is 5.96 Å². The van der Waals surface area contributed by atoms with Crippen molar-refractivity contribution in [3.8, 4) is 16.9 Å². The molecule has 0 aliphatic carbocycles. The van der Waals surface area contributed by atoms with E-state index in [0.29, 0.717) is 13.0 Å². The molecule has 0 spiro atoms. The van der Waals surface area contributed by atoms with E-state index in [2.05, 4.69) is 48.3 Å². The zero-order valence-corrected chi connectivity index (χ0v) is 15.3. The molecule has 0 radical (unpaired) electrons. The summed E-state index contributed by atoms with van der Waals surface area (Å²) in [5.74, 6) is 1.05. The van der Waals surface area contributed by atoms with E-state index in [4.69, 9.17) is 10.5 Å². The first-order valence-corrected chi connectivity index (χ1v) is 8.99.